The van der Waals surface area contributed by atoms with Gasteiger partial charge in [-0.1, -0.05) is 15.9 Å². The van der Waals surface area contributed by atoms with E-state index in [1.165, 1.54) is 5.56 Å². The molecule has 0 amide bonds. The Kier molecular flexibility index (Phi) is 6.38. The van der Waals surface area contributed by atoms with E-state index in [0.29, 0.717) is 12.0 Å². The summed E-state index contributed by atoms with van der Waals surface area (Å²) in [6.45, 7) is 5.96. The maximum Gasteiger partial charge on any atom is 0.161 e. The summed E-state index contributed by atoms with van der Waals surface area (Å²) in [4.78, 5) is 2.61. The topological polar surface area (TPSA) is 43.0 Å². The van der Waals surface area contributed by atoms with E-state index < -0.39 is 0 Å². The Morgan fingerprint density at radius 2 is 1.75 bits per heavy atom. The molecule has 2 saturated heterocycles. The second-order valence-corrected chi connectivity index (χ2v) is 7.26. The number of halogens is 1. The van der Waals surface area contributed by atoms with Gasteiger partial charge >= 0.3 is 0 Å². The summed E-state index contributed by atoms with van der Waals surface area (Å²) in [5.74, 6) is 2.16. The van der Waals surface area contributed by atoms with Crippen LogP contribution in [0, 0.1) is 5.92 Å². The Bertz CT molecular complexity index is 525. The van der Waals surface area contributed by atoms with Gasteiger partial charge in [0, 0.05) is 49.9 Å². The number of piperazine rings is 1. The van der Waals surface area contributed by atoms with Gasteiger partial charge in [-0.15, -0.1) is 0 Å². The van der Waals surface area contributed by atoms with Crippen LogP contribution in [0.15, 0.2) is 16.6 Å². The molecular weight excluding hydrogens is 372 g/mol. The van der Waals surface area contributed by atoms with Crippen LogP contribution in [0.5, 0.6) is 11.5 Å². The van der Waals surface area contributed by atoms with Crippen molar-refractivity contribution >= 4 is 15.9 Å². The largest absolute Gasteiger partial charge is 0.493 e. The van der Waals surface area contributed by atoms with Crippen molar-refractivity contribution < 1.29 is 14.2 Å². The van der Waals surface area contributed by atoms with E-state index in [1.54, 1.807) is 14.2 Å². The van der Waals surface area contributed by atoms with Crippen molar-refractivity contribution in [1.82, 2.24) is 10.2 Å². The van der Waals surface area contributed by atoms with Gasteiger partial charge in [-0.25, -0.2) is 0 Å². The predicted octanol–water partition coefficient (Wildman–Crippen LogP) is 2.84. The molecule has 5 nitrogen and oxygen atoms in total. The van der Waals surface area contributed by atoms with E-state index in [-0.39, 0.29) is 0 Å². The molecule has 0 aliphatic carbocycles. The molecule has 1 atom stereocenters. The molecular formula is C18H27BrN2O3. The SMILES string of the molecule is COc1cc(Br)c([C@@H](C2CCOCC2)N2CCNCC2)cc1OC. The lowest BCUT2D eigenvalue weighted by Crippen LogP contribution is -2.47. The van der Waals surface area contributed by atoms with Crippen LogP contribution in [-0.4, -0.2) is 58.5 Å². The fourth-order valence-corrected chi connectivity index (χ4v) is 4.39. The minimum absolute atomic E-state index is 0.380. The van der Waals surface area contributed by atoms with Gasteiger partial charge in [-0.05, 0) is 36.5 Å². The monoisotopic (exact) mass is 398 g/mol. The highest BCUT2D eigenvalue weighted by Crippen LogP contribution is 2.42. The lowest BCUT2D eigenvalue weighted by molar-refractivity contribution is 0.0210. The highest BCUT2D eigenvalue weighted by Gasteiger charge is 2.33. The summed E-state index contributed by atoms with van der Waals surface area (Å²) in [7, 11) is 3.38. The molecule has 0 saturated carbocycles. The Morgan fingerprint density at radius 1 is 1.12 bits per heavy atom. The van der Waals surface area contributed by atoms with Crippen molar-refractivity contribution in [2.45, 2.75) is 18.9 Å². The van der Waals surface area contributed by atoms with Crippen LogP contribution in [0.1, 0.15) is 24.4 Å². The molecule has 2 heterocycles. The third-order valence-electron chi connectivity index (χ3n) is 5.08. The number of hydrogen-bond acceptors (Lipinski definition) is 5. The smallest absolute Gasteiger partial charge is 0.161 e. The minimum atomic E-state index is 0.380. The summed E-state index contributed by atoms with van der Waals surface area (Å²) in [6.07, 6.45) is 2.21. The summed E-state index contributed by atoms with van der Waals surface area (Å²) in [5, 5.41) is 3.46. The Labute approximate surface area is 152 Å². The summed E-state index contributed by atoms with van der Waals surface area (Å²) in [5.41, 5.74) is 1.29. The zero-order chi connectivity index (χ0) is 16.9. The molecule has 3 rings (SSSR count). The van der Waals surface area contributed by atoms with E-state index in [2.05, 4.69) is 32.2 Å². The predicted molar refractivity (Wildman–Crippen MR) is 98.0 cm³/mol. The molecule has 2 fully saturated rings. The van der Waals surface area contributed by atoms with Crippen molar-refractivity contribution in [3.63, 3.8) is 0 Å². The summed E-state index contributed by atoms with van der Waals surface area (Å²) < 4.78 is 17.7. The highest BCUT2D eigenvalue weighted by molar-refractivity contribution is 9.10. The van der Waals surface area contributed by atoms with E-state index in [9.17, 15) is 0 Å². The first-order valence-corrected chi connectivity index (χ1v) is 9.48. The second kappa shape index (κ2) is 8.52. The molecule has 1 aromatic rings. The van der Waals surface area contributed by atoms with Gasteiger partial charge < -0.3 is 19.5 Å². The van der Waals surface area contributed by atoms with Gasteiger partial charge in [0.2, 0.25) is 0 Å². The molecule has 1 aromatic carbocycles. The van der Waals surface area contributed by atoms with Crippen LogP contribution >= 0.6 is 15.9 Å². The standard InChI is InChI=1S/C18H27BrN2O3/c1-22-16-11-14(15(19)12-17(16)23-2)18(13-3-9-24-10-4-13)21-7-5-20-6-8-21/h11-13,18,20H,3-10H2,1-2H3/t18-/m1/s1. The average Bonchev–Trinajstić information content (AvgIpc) is 2.64. The van der Waals surface area contributed by atoms with Gasteiger partial charge in [0.1, 0.15) is 0 Å². The maximum atomic E-state index is 5.60. The van der Waals surface area contributed by atoms with Crippen LogP contribution in [0.4, 0.5) is 0 Å². The van der Waals surface area contributed by atoms with Crippen LogP contribution < -0.4 is 14.8 Å². The van der Waals surface area contributed by atoms with Crippen LogP contribution in [-0.2, 0) is 4.74 Å². The number of rotatable bonds is 5. The van der Waals surface area contributed by atoms with Crippen molar-refractivity contribution in [3.8, 4) is 11.5 Å². The van der Waals surface area contributed by atoms with E-state index in [4.69, 9.17) is 14.2 Å². The number of nitrogens with zero attached hydrogens (tertiary/aromatic N) is 1. The second-order valence-electron chi connectivity index (χ2n) is 6.41. The molecule has 2 aliphatic rings. The van der Waals surface area contributed by atoms with Crippen LogP contribution in [0.2, 0.25) is 0 Å². The highest BCUT2D eigenvalue weighted by atomic mass is 79.9. The minimum Gasteiger partial charge on any atom is -0.493 e. The number of ether oxygens (including phenoxy) is 3. The zero-order valence-corrected chi connectivity index (χ0v) is 16.1. The quantitative estimate of drug-likeness (QED) is 0.825. The third-order valence-corrected chi connectivity index (χ3v) is 5.77. The maximum absolute atomic E-state index is 5.60. The first-order valence-electron chi connectivity index (χ1n) is 8.68. The Balaban J connectivity index is 1.97. The van der Waals surface area contributed by atoms with Crippen molar-refractivity contribution in [1.29, 1.82) is 0 Å². The molecule has 6 heteroatoms. The lowest BCUT2D eigenvalue weighted by Gasteiger charge is -2.41. The number of nitrogens with one attached hydrogen (secondary N) is 1. The van der Waals surface area contributed by atoms with Crippen molar-refractivity contribution in [2.75, 3.05) is 53.6 Å². The normalized spacial score (nSPS) is 21.5. The van der Waals surface area contributed by atoms with Gasteiger partial charge in [0.05, 0.1) is 14.2 Å². The van der Waals surface area contributed by atoms with Crippen LogP contribution in [0.25, 0.3) is 0 Å². The average molecular weight is 399 g/mol. The number of methoxy groups -OCH3 is 2. The number of benzene rings is 1. The number of hydrogen-bond donors (Lipinski definition) is 1. The van der Waals surface area contributed by atoms with E-state index >= 15 is 0 Å². The summed E-state index contributed by atoms with van der Waals surface area (Å²) >= 11 is 3.78. The third kappa shape index (κ3) is 3.87. The van der Waals surface area contributed by atoms with E-state index in [0.717, 1.165) is 68.2 Å². The fourth-order valence-electron chi connectivity index (χ4n) is 3.84. The molecule has 0 bridgehead atoms. The Hall–Kier alpha value is -0.820. The van der Waals surface area contributed by atoms with Crippen molar-refractivity contribution in [2.24, 2.45) is 5.92 Å². The molecule has 0 aromatic heterocycles. The lowest BCUT2D eigenvalue weighted by atomic mass is 9.85. The molecule has 1 N–H and O–H groups in total. The van der Waals surface area contributed by atoms with Gasteiger partial charge in [0.25, 0.3) is 0 Å². The van der Waals surface area contributed by atoms with Crippen LogP contribution in [0.3, 0.4) is 0 Å². The first-order chi connectivity index (χ1) is 11.7. The molecule has 2 aliphatic heterocycles. The zero-order valence-electron chi connectivity index (χ0n) is 14.5. The van der Waals surface area contributed by atoms with Gasteiger partial charge in [0.15, 0.2) is 11.5 Å². The molecule has 0 spiro atoms. The summed E-state index contributed by atoms with van der Waals surface area (Å²) in [6, 6.07) is 4.55. The Morgan fingerprint density at radius 3 is 2.38 bits per heavy atom. The van der Waals surface area contributed by atoms with E-state index in [1.807, 2.05) is 6.07 Å². The molecule has 0 radical (unpaired) electrons. The fraction of sp³-hybridized carbons (Fsp3) is 0.667. The first kappa shape index (κ1) is 18.0. The van der Waals surface area contributed by atoms with Gasteiger partial charge in [-0.3, -0.25) is 4.90 Å². The van der Waals surface area contributed by atoms with Gasteiger partial charge in [-0.2, -0.15) is 0 Å². The molecule has 134 valence electrons. The molecule has 0 unspecified atom stereocenters. The van der Waals surface area contributed by atoms with Crippen molar-refractivity contribution in [3.05, 3.63) is 22.2 Å². The molecule has 24 heavy (non-hydrogen) atoms.